The number of ether oxygens (including phenoxy) is 1. The lowest BCUT2D eigenvalue weighted by Crippen LogP contribution is -2.18. The van der Waals surface area contributed by atoms with Crippen LogP contribution in [0.3, 0.4) is 0 Å². The highest BCUT2D eigenvalue weighted by Crippen LogP contribution is 1.95. The van der Waals surface area contributed by atoms with Crippen LogP contribution in [0.2, 0.25) is 0 Å². The van der Waals surface area contributed by atoms with Crippen LogP contribution in [0.1, 0.15) is 19.3 Å². The summed E-state index contributed by atoms with van der Waals surface area (Å²) in [7, 11) is 1.69. The third kappa shape index (κ3) is 9.40. The molecule has 0 atom stereocenters. The molecule has 0 spiro atoms. The lowest BCUT2D eigenvalue weighted by Gasteiger charge is -2.03. The fourth-order valence-electron chi connectivity index (χ4n) is 0.850. The van der Waals surface area contributed by atoms with Gasteiger partial charge in [0.05, 0.1) is 13.2 Å². The summed E-state index contributed by atoms with van der Waals surface area (Å²) in [5.41, 5.74) is 4.11. The first-order chi connectivity index (χ1) is 6.81. The first-order valence-electron chi connectivity index (χ1n) is 4.60. The van der Waals surface area contributed by atoms with Gasteiger partial charge in [0, 0.05) is 20.1 Å². The predicted molar refractivity (Wildman–Crippen MR) is 49.6 cm³/mol. The number of unbranched alkanes of at least 4 members (excludes halogenated alkanes) is 1. The van der Waals surface area contributed by atoms with Crippen LogP contribution < -0.4 is 11.0 Å². The van der Waals surface area contributed by atoms with Gasteiger partial charge < -0.3 is 4.74 Å². The van der Waals surface area contributed by atoms with Crippen molar-refractivity contribution in [3.05, 3.63) is 0 Å². The second-order valence-corrected chi connectivity index (χ2v) is 2.66. The summed E-state index contributed by atoms with van der Waals surface area (Å²) < 4.78 is 5.19. The first kappa shape index (κ1) is 13.3. The van der Waals surface area contributed by atoms with Gasteiger partial charge in [0.1, 0.15) is 0 Å². The van der Waals surface area contributed by atoms with Gasteiger partial charge in [-0.05, 0) is 12.8 Å². The van der Waals surface area contributed by atoms with Gasteiger partial charge in [0.25, 0.3) is 0 Å². The molecule has 0 aliphatic rings. The van der Waals surface area contributed by atoms with Crippen LogP contribution in [0.25, 0.3) is 0 Å². The molecule has 0 aromatic rings. The van der Waals surface area contributed by atoms with Crippen LogP contribution in [-0.4, -0.2) is 38.0 Å². The first-order valence-corrected chi connectivity index (χ1v) is 4.60. The average Bonchev–Trinajstić information content (AvgIpc) is 2.21. The molecule has 0 unspecified atom stereocenters. The van der Waals surface area contributed by atoms with Gasteiger partial charge in [-0.25, -0.2) is 11.0 Å². The standard InChI is InChI=1S/C8H18N2O4/c1-9-14-7-6-13-5-3-2-4-8(11)10-12/h9,12H,2-7H2,1H3,(H,10,11). The predicted octanol–water partition coefficient (Wildman–Crippen LogP) is -0.170. The van der Waals surface area contributed by atoms with Crippen molar-refractivity contribution in [1.29, 1.82) is 0 Å². The average molecular weight is 206 g/mol. The van der Waals surface area contributed by atoms with E-state index in [-0.39, 0.29) is 5.91 Å². The Morgan fingerprint density at radius 2 is 2.07 bits per heavy atom. The Hall–Kier alpha value is -0.690. The lowest BCUT2D eigenvalue weighted by atomic mass is 10.2. The quantitative estimate of drug-likeness (QED) is 0.277. The minimum absolute atomic E-state index is 0.326. The number of nitrogens with one attached hydrogen (secondary N) is 2. The molecule has 0 aliphatic carbocycles. The van der Waals surface area contributed by atoms with E-state index in [1.165, 1.54) is 0 Å². The van der Waals surface area contributed by atoms with E-state index in [2.05, 4.69) is 5.48 Å². The van der Waals surface area contributed by atoms with E-state index in [0.717, 1.165) is 6.42 Å². The van der Waals surface area contributed by atoms with Crippen molar-refractivity contribution >= 4 is 5.91 Å². The highest BCUT2D eigenvalue weighted by atomic mass is 16.7. The molecule has 1 amide bonds. The Labute approximate surface area is 83.5 Å². The molecule has 0 heterocycles. The van der Waals surface area contributed by atoms with Gasteiger partial charge in [-0.3, -0.25) is 14.8 Å². The van der Waals surface area contributed by atoms with Crippen molar-refractivity contribution in [1.82, 2.24) is 11.0 Å². The topological polar surface area (TPSA) is 79.8 Å². The fraction of sp³-hybridized carbons (Fsp3) is 0.875. The molecule has 0 saturated carbocycles. The molecule has 0 rings (SSSR count). The molecule has 14 heavy (non-hydrogen) atoms. The number of amides is 1. The highest BCUT2D eigenvalue weighted by molar-refractivity contribution is 5.74. The van der Waals surface area contributed by atoms with Gasteiger partial charge >= 0.3 is 0 Å². The molecule has 0 fully saturated rings. The summed E-state index contributed by atoms with van der Waals surface area (Å²) in [6.07, 6.45) is 1.83. The summed E-state index contributed by atoms with van der Waals surface area (Å²) in [4.78, 5) is 15.4. The fourth-order valence-corrected chi connectivity index (χ4v) is 0.850. The molecule has 0 radical (unpaired) electrons. The van der Waals surface area contributed by atoms with Crippen molar-refractivity contribution < 1.29 is 19.6 Å². The van der Waals surface area contributed by atoms with Gasteiger partial charge in [-0.2, -0.15) is 0 Å². The summed E-state index contributed by atoms with van der Waals surface area (Å²) in [5.74, 6) is -0.358. The second-order valence-electron chi connectivity index (χ2n) is 2.66. The van der Waals surface area contributed by atoms with Crippen molar-refractivity contribution in [2.45, 2.75) is 19.3 Å². The van der Waals surface area contributed by atoms with Gasteiger partial charge in [-0.1, -0.05) is 0 Å². The monoisotopic (exact) mass is 206 g/mol. The van der Waals surface area contributed by atoms with E-state index in [1.54, 1.807) is 12.5 Å². The largest absolute Gasteiger partial charge is 0.379 e. The maximum Gasteiger partial charge on any atom is 0.243 e. The summed E-state index contributed by atoms with van der Waals surface area (Å²) >= 11 is 0. The van der Waals surface area contributed by atoms with E-state index in [0.29, 0.717) is 32.7 Å². The SMILES string of the molecule is CNOCCOCCCCC(=O)NO. The Bertz CT molecular complexity index is 143. The van der Waals surface area contributed by atoms with Crippen LogP contribution in [0, 0.1) is 0 Å². The molecule has 0 aromatic heterocycles. The van der Waals surface area contributed by atoms with E-state index in [9.17, 15) is 4.79 Å². The van der Waals surface area contributed by atoms with E-state index < -0.39 is 0 Å². The Morgan fingerprint density at radius 3 is 2.71 bits per heavy atom. The molecule has 6 heteroatoms. The van der Waals surface area contributed by atoms with Crippen molar-refractivity contribution in [3.8, 4) is 0 Å². The second kappa shape index (κ2) is 10.4. The summed E-state index contributed by atoms with van der Waals surface area (Å²) in [6, 6.07) is 0. The number of rotatable bonds is 9. The summed E-state index contributed by atoms with van der Waals surface area (Å²) in [6.45, 7) is 1.65. The number of hydroxylamine groups is 2. The molecule has 84 valence electrons. The zero-order chi connectivity index (χ0) is 10.6. The van der Waals surface area contributed by atoms with Crippen LogP contribution >= 0.6 is 0 Å². The Balaban J connectivity index is 2.95. The number of carbonyl (C=O) groups is 1. The molecule has 6 nitrogen and oxygen atoms in total. The molecular weight excluding hydrogens is 188 g/mol. The molecular formula is C8H18N2O4. The maximum atomic E-state index is 10.6. The Morgan fingerprint density at radius 1 is 1.29 bits per heavy atom. The van der Waals surface area contributed by atoms with Crippen LogP contribution in [0.5, 0.6) is 0 Å². The highest BCUT2D eigenvalue weighted by Gasteiger charge is 1.97. The Kier molecular flexibility index (Phi) is 9.88. The van der Waals surface area contributed by atoms with Crippen LogP contribution in [0.15, 0.2) is 0 Å². The van der Waals surface area contributed by atoms with Gasteiger partial charge in [0.15, 0.2) is 0 Å². The minimum Gasteiger partial charge on any atom is -0.379 e. The van der Waals surface area contributed by atoms with E-state index in [1.807, 2.05) is 0 Å². The molecule has 0 saturated heterocycles. The third-order valence-corrected chi connectivity index (χ3v) is 1.54. The number of carbonyl (C=O) groups excluding carboxylic acids is 1. The van der Waals surface area contributed by atoms with Gasteiger partial charge in [0.2, 0.25) is 5.91 Å². The van der Waals surface area contributed by atoms with Gasteiger partial charge in [-0.15, -0.1) is 0 Å². The number of hydrogen-bond acceptors (Lipinski definition) is 5. The van der Waals surface area contributed by atoms with E-state index in [4.69, 9.17) is 14.8 Å². The van der Waals surface area contributed by atoms with Crippen molar-refractivity contribution in [2.24, 2.45) is 0 Å². The van der Waals surface area contributed by atoms with Crippen LogP contribution in [-0.2, 0) is 14.4 Å². The van der Waals surface area contributed by atoms with Crippen molar-refractivity contribution in [2.75, 3.05) is 26.9 Å². The van der Waals surface area contributed by atoms with Crippen molar-refractivity contribution in [3.63, 3.8) is 0 Å². The molecule has 0 aromatic carbocycles. The van der Waals surface area contributed by atoms with E-state index >= 15 is 0 Å². The normalized spacial score (nSPS) is 10.1. The lowest BCUT2D eigenvalue weighted by molar-refractivity contribution is -0.129. The number of hydrogen-bond donors (Lipinski definition) is 3. The zero-order valence-electron chi connectivity index (χ0n) is 8.41. The summed E-state index contributed by atoms with van der Waals surface area (Å²) in [5, 5.41) is 8.18. The molecule has 0 aliphatic heterocycles. The molecule has 0 bridgehead atoms. The smallest absolute Gasteiger partial charge is 0.243 e. The minimum atomic E-state index is -0.358. The third-order valence-electron chi connectivity index (χ3n) is 1.54. The zero-order valence-corrected chi connectivity index (χ0v) is 8.41. The maximum absolute atomic E-state index is 10.6. The molecule has 3 N–H and O–H groups in total. The van der Waals surface area contributed by atoms with Crippen LogP contribution in [0.4, 0.5) is 0 Å².